The molecule has 45 heavy (non-hydrogen) atoms. The molecule has 0 fully saturated rings. The van der Waals surface area contributed by atoms with Gasteiger partial charge in [0, 0.05) is 5.56 Å². The Morgan fingerprint density at radius 1 is 0.467 bits per heavy atom. The standard InChI is InChI=1S/C41H41O3P/c1-26(2)33-21-16-28(5)24-38(33)43-45(44-39-25-29(6)17-22-34(39)27(3)4)42-37-23-20-32-13-9-11-15-36(32)41(37)40-30(7)18-19-31-12-8-10-14-35(31)40/h8-27H,1-7H3. The largest absolute Gasteiger partial charge is 0.530 e. The van der Waals surface area contributed by atoms with E-state index in [0.717, 1.165) is 61.4 Å². The van der Waals surface area contributed by atoms with Gasteiger partial charge in [-0.1, -0.05) is 119 Å². The first-order chi connectivity index (χ1) is 21.7. The number of aryl methyl sites for hydroxylation is 3. The molecule has 0 heterocycles. The Balaban J connectivity index is 1.54. The van der Waals surface area contributed by atoms with Crippen LogP contribution in [-0.4, -0.2) is 0 Å². The molecule has 0 aliphatic carbocycles. The Morgan fingerprint density at radius 3 is 1.47 bits per heavy atom. The minimum absolute atomic E-state index is 0.275. The fraction of sp³-hybridized carbons (Fsp3) is 0.220. The van der Waals surface area contributed by atoms with Crippen LogP contribution in [0, 0.1) is 20.8 Å². The van der Waals surface area contributed by atoms with Gasteiger partial charge < -0.3 is 13.6 Å². The minimum atomic E-state index is -1.91. The predicted octanol–water partition coefficient (Wildman–Crippen LogP) is 12.6. The molecule has 0 atom stereocenters. The first-order valence-corrected chi connectivity index (χ1v) is 16.8. The molecule has 0 aliphatic rings. The summed E-state index contributed by atoms with van der Waals surface area (Å²) in [5.41, 5.74) is 7.88. The van der Waals surface area contributed by atoms with Crippen molar-refractivity contribution < 1.29 is 13.6 Å². The normalized spacial score (nSPS) is 11.6. The van der Waals surface area contributed by atoms with Crippen LogP contribution in [0.25, 0.3) is 32.7 Å². The molecular formula is C41H41O3P. The van der Waals surface area contributed by atoms with Crippen molar-refractivity contribution in [2.75, 3.05) is 0 Å². The van der Waals surface area contributed by atoms with Crippen LogP contribution < -0.4 is 13.6 Å². The van der Waals surface area contributed by atoms with Gasteiger partial charge in [0.05, 0.1) is 0 Å². The highest BCUT2D eigenvalue weighted by molar-refractivity contribution is 7.43. The Kier molecular flexibility index (Phi) is 8.83. The molecule has 0 N–H and O–H groups in total. The van der Waals surface area contributed by atoms with Gasteiger partial charge in [-0.3, -0.25) is 0 Å². The maximum absolute atomic E-state index is 6.99. The van der Waals surface area contributed by atoms with Crippen molar-refractivity contribution in [1.29, 1.82) is 0 Å². The molecule has 0 amide bonds. The van der Waals surface area contributed by atoms with E-state index in [9.17, 15) is 0 Å². The highest BCUT2D eigenvalue weighted by Crippen LogP contribution is 2.50. The van der Waals surface area contributed by atoms with Gasteiger partial charge in [-0.2, -0.15) is 0 Å². The lowest BCUT2D eigenvalue weighted by atomic mass is 9.90. The van der Waals surface area contributed by atoms with Crippen LogP contribution in [0.1, 0.15) is 67.3 Å². The molecule has 6 aromatic carbocycles. The monoisotopic (exact) mass is 612 g/mol. The smallest absolute Gasteiger partial charge is 0.408 e. The van der Waals surface area contributed by atoms with E-state index in [0.29, 0.717) is 0 Å². The van der Waals surface area contributed by atoms with Gasteiger partial charge in [-0.15, -0.1) is 0 Å². The first-order valence-electron chi connectivity index (χ1n) is 15.7. The molecule has 228 valence electrons. The van der Waals surface area contributed by atoms with Gasteiger partial charge in [0.25, 0.3) is 0 Å². The quantitative estimate of drug-likeness (QED) is 0.152. The summed E-state index contributed by atoms with van der Waals surface area (Å²) in [4.78, 5) is 0. The van der Waals surface area contributed by atoms with E-state index in [-0.39, 0.29) is 11.8 Å². The fourth-order valence-corrected chi connectivity index (χ4v) is 7.05. The Bertz CT molecular complexity index is 1930. The number of hydrogen-bond donors (Lipinski definition) is 0. The van der Waals surface area contributed by atoms with Crippen LogP contribution in [0.5, 0.6) is 17.2 Å². The SMILES string of the molecule is Cc1ccc(C(C)C)c(OP(Oc2cc(C)ccc2C(C)C)Oc2ccc3ccccc3c2-c2c(C)ccc3ccccc23)c1. The second-order valence-electron chi connectivity index (χ2n) is 12.5. The Morgan fingerprint density at radius 2 is 0.933 bits per heavy atom. The van der Waals surface area contributed by atoms with Crippen molar-refractivity contribution in [2.24, 2.45) is 0 Å². The fourth-order valence-electron chi connectivity index (χ4n) is 5.99. The van der Waals surface area contributed by atoms with E-state index in [4.69, 9.17) is 13.6 Å². The number of benzene rings is 6. The number of rotatable bonds is 9. The van der Waals surface area contributed by atoms with Crippen LogP contribution in [-0.2, 0) is 0 Å². The Labute approximate surface area is 268 Å². The summed E-state index contributed by atoms with van der Waals surface area (Å²) in [6, 6.07) is 38.4. The van der Waals surface area contributed by atoms with Crippen molar-refractivity contribution in [1.82, 2.24) is 0 Å². The molecule has 0 saturated heterocycles. The summed E-state index contributed by atoms with van der Waals surface area (Å²) < 4.78 is 20.6. The molecule has 0 bridgehead atoms. The lowest BCUT2D eigenvalue weighted by molar-refractivity contribution is 0.384. The van der Waals surface area contributed by atoms with Crippen LogP contribution in [0.4, 0.5) is 0 Å². The minimum Gasteiger partial charge on any atom is -0.408 e. The molecule has 3 nitrogen and oxygen atoms in total. The van der Waals surface area contributed by atoms with Gasteiger partial charge in [-0.25, -0.2) is 0 Å². The summed E-state index contributed by atoms with van der Waals surface area (Å²) in [6.07, 6.45) is 0. The Hall–Kier alpha value is -4.33. The van der Waals surface area contributed by atoms with Crippen LogP contribution in [0.3, 0.4) is 0 Å². The predicted molar refractivity (Wildman–Crippen MR) is 191 cm³/mol. The van der Waals surface area contributed by atoms with E-state index >= 15 is 0 Å². The maximum Gasteiger partial charge on any atom is 0.530 e. The van der Waals surface area contributed by atoms with Gasteiger partial charge in [0.2, 0.25) is 0 Å². The van der Waals surface area contributed by atoms with Gasteiger partial charge in [-0.05, 0) is 106 Å². The highest BCUT2D eigenvalue weighted by Gasteiger charge is 2.27. The molecule has 6 aromatic rings. The number of fused-ring (bicyclic) bond motifs is 2. The third-order valence-electron chi connectivity index (χ3n) is 8.38. The van der Waals surface area contributed by atoms with Crippen molar-refractivity contribution >= 4 is 30.1 Å². The van der Waals surface area contributed by atoms with Crippen LogP contribution in [0.2, 0.25) is 0 Å². The van der Waals surface area contributed by atoms with Crippen molar-refractivity contribution in [2.45, 2.75) is 60.3 Å². The van der Waals surface area contributed by atoms with Crippen LogP contribution >= 0.6 is 8.60 Å². The zero-order chi connectivity index (χ0) is 31.7. The van der Waals surface area contributed by atoms with Crippen molar-refractivity contribution in [3.8, 4) is 28.4 Å². The van der Waals surface area contributed by atoms with E-state index in [2.05, 4.69) is 158 Å². The lowest BCUT2D eigenvalue weighted by Crippen LogP contribution is -2.07. The molecule has 0 aromatic heterocycles. The average Bonchev–Trinajstić information content (AvgIpc) is 3.01. The zero-order valence-corrected chi connectivity index (χ0v) is 28.1. The number of hydrogen-bond acceptors (Lipinski definition) is 3. The molecule has 0 saturated carbocycles. The maximum atomic E-state index is 6.99. The lowest BCUT2D eigenvalue weighted by Gasteiger charge is -2.24. The van der Waals surface area contributed by atoms with E-state index < -0.39 is 8.60 Å². The summed E-state index contributed by atoms with van der Waals surface area (Å²) in [7, 11) is -1.91. The van der Waals surface area contributed by atoms with E-state index in [1.165, 1.54) is 16.3 Å². The van der Waals surface area contributed by atoms with Crippen molar-refractivity contribution in [3.63, 3.8) is 0 Å². The summed E-state index contributed by atoms with van der Waals surface area (Å²) in [5, 5.41) is 4.65. The van der Waals surface area contributed by atoms with E-state index in [1.807, 2.05) is 0 Å². The second kappa shape index (κ2) is 13.0. The molecule has 4 heteroatoms. The third-order valence-corrected chi connectivity index (χ3v) is 9.42. The second-order valence-corrected chi connectivity index (χ2v) is 13.5. The molecule has 0 aliphatic heterocycles. The molecule has 6 rings (SSSR count). The first kappa shape index (κ1) is 30.7. The molecular weight excluding hydrogens is 571 g/mol. The topological polar surface area (TPSA) is 27.7 Å². The van der Waals surface area contributed by atoms with Gasteiger partial charge in [0.1, 0.15) is 17.2 Å². The van der Waals surface area contributed by atoms with Gasteiger partial charge >= 0.3 is 8.60 Å². The molecule has 0 radical (unpaired) electrons. The average molecular weight is 613 g/mol. The van der Waals surface area contributed by atoms with E-state index in [1.54, 1.807) is 0 Å². The highest BCUT2D eigenvalue weighted by atomic mass is 31.2. The summed E-state index contributed by atoms with van der Waals surface area (Å²) in [5.74, 6) is 2.86. The molecule has 0 spiro atoms. The van der Waals surface area contributed by atoms with Crippen LogP contribution in [0.15, 0.2) is 109 Å². The summed E-state index contributed by atoms with van der Waals surface area (Å²) >= 11 is 0. The van der Waals surface area contributed by atoms with Gasteiger partial charge in [0.15, 0.2) is 0 Å². The molecule has 0 unspecified atom stereocenters. The van der Waals surface area contributed by atoms with Crippen molar-refractivity contribution in [3.05, 3.63) is 137 Å². The zero-order valence-electron chi connectivity index (χ0n) is 27.2. The summed E-state index contributed by atoms with van der Waals surface area (Å²) in [6.45, 7) is 15.1. The third kappa shape index (κ3) is 6.42.